The number of amides is 1. The number of para-hydroxylation sites is 2. The van der Waals surface area contributed by atoms with Crippen LogP contribution in [0, 0.1) is 5.82 Å². The largest absolute Gasteiger partial charge is 0.485 e. The quantitative estimate of drug-likeness (QED) is 0.205. The van der Waals surface area contributed by atoms with Gasteiger partial charge in [0.15, 0.2) is 5.69 Å². The molecular weight excluding hydrogens is 568 g/mol. The molecule has 0 radical (unpaired) electrons. The number of carbonyl (C=O) groups excluding carboxylic acids is 1. The fourth-order valence-corrected chi connectivity index (χ4v) is 4.60. The van der Waals surface area contributed by atoms with Gasteiger partial charge in [0.25, 0.3) is 12.3 Å². The van der Waals surface area contributed by atoms with Gasteiger partial charge in [-0.05, 0) is 42.0 Å². The highest BCUT2D eigenvalue weighted by atomic mass is 35.5. The number of carbonyl (C=O) groups is 1. The van der Waals surface area contributed by atoms with Crippen LogP contribution >= 0.6 is 23.2 Å². The van der Waals surface area contributed by atoms with Crippen molar-refractivity contribution in [2.45, 2.75) is 13.0 Å². The van der Waals surface area contributed by atoms with Gasteiger partial charge in [0.2, 0.25) is 5.95 Å². The molecule has 0 aliphatic heterocycles. The summed E-state index contributed by atoms with van der Waals surface area (Å²) in [4.78, 5) is 17.3. The van der Waals surface area contributed by atoms with Crippen molar-refractivity contribution >= 4 is 46.1 Å². The summed E-state index contributed by atoms with van der Waals surface area (Å²) >= 11 is 12.3. The fraction of sp³-hybridized carbons (Fsp3) is 0.148. The standard InChI is InChI=1S/C27H21Cl2F3N6O2/c1-37-9-8-22(35-37)26(39)36-38-23-5-3-2-4-21(23)34-27(38)33-13-16-7-6-15(10-20(16)30)18-11-17(28)12-19(29)25(18)40-14-24(31)32/h2-12,24H,13-14H2,1H3,(H,33,34)(H,36,39). The molecule has 2 N–H and O–H groups in total. The lowest BCUT2D eigenvalue weighted by Gasteiger charge is -2.15. The number of hydrogen-bond acceptors (Lipinski definition) is 5. The summed E-state index contributed by atoms with van der Waals surface area (Å²) in [5.41, 5.74) is 5.11. The number of ether oxygens (including phenoxy) is 1. The second-order valence-corrected chi connectivity index (χ2v) is 9.54. The van der Waals surface area contributed by atoms with Crippen LogP contribution in [0.25, 0.3) is 22.2 Å². The minimum absolute atomic E-state index is 0.0138. The van der Waals surface area contributed by atoms with Crippen molar-refractivity contribution < 1.29 is 22.7 Å². The number of imidazole rings is 1. The minimum atomic E-state index is -2.72. The summed E-state index contributed by atoms with van der Waals surface area (Å²) in [5.74, 6) is -0.777. The third-order valence-corrected chi connectivity index (χ3v) is 6.38. The van der Waals surface area contributed by atoms with Gasteiger partial charge in [0.1, 0.15) is 18.2 Å². The van der Waals surface area contributed by atoms with E-state index in [1.807, 2.05) is 6.07 Å². The summed E-state index contributed by atoms with van der Waals surface area (Å²) < 4.78 is 49.0. The highest BCUT2D eigenvalue weighted by Crippen LogP contribution is 2.39. The van der Waals surface area contributed by atoms with Crippen molar-refractivity contribution in [3.05, 3.63) is 94.0 Å². The molecule has 13 heteroatoms. The number of nitrogens with zero attached hydrogens (tertiary/aromatic N) is 4. The van der Waals surface area contributed by atoms with Crippen LogP contribution in [0.2, 0.25) is 10.0 Å². The first-order chi connectivity index (χ1) is 19.2. The van der Waals surface area contributed by atoms with E-state index in [9.17, 15) is 13.6 Å². The second kappa shape index (κ2) is 11.5. The zero-order valence-electron chi connectivity index (χ0n) is 20.8. The lowest BCUT2D eigenvalue weighted by atomic mass is 10.0. The molecule has 2 aromatic heterocycles. The summed E-state index contributed by atoms with van der Waals surface area (Å²) in [6.07, 6.45) is -1.07. The Balaban J connectivity index is 1.40. The molecule has 40 heavy (non-hydrogen) atoms. The average molecular weight is 589 g/mol. The molecule has 0 saturated carbocycles. The van der Waals surface area contributed by atoms with Crippen LogP contribution in [0.1, 0.15) is 16.1 Å². The zero-order chi connectivity index (χ0) is 28.4. The molecule has 206 valence electrons. The van der Waals surface area contributed by atoms with E-state index in [0.29, 0.717) is 16.6 Å². The molecule has 0 atom stereocenters. The van der Waals surface area contributed by atoms with Gasteiger partial charge >= 0.3 is 0 Å². The van der Waals surface area contributed by atoms with Crippen molar-refractivity contribution in [3.63, 3.8) is 0 Å². The highest BCUT2D eigenvalue weighted by molar-refractivity contribution is 6.36. The maximum Gasteiger partial charge on any atom is 0.290 e. The normalized spacial score (nSPS) is 11.3. The van der Waals surface area contributed by atoms with E-state index in [2.05, 4.69) is 20.8 Å². The Bertz CT molecular complexity index is 1710. The van der Waals surface area contributed by atoms with Gasteiger partial charge in [-0.2, -0.15) is 5.10 Å². The van der Waals surface area contributed by atoms with Gasteiger partial charge in [-0.15, -0.1) is 0 Å². The Morgan fingerprint density at radius 3 is 2.62 bits per heavy atom. The van der Waals surface area contributed by atoms with Gasteiger partial charge in [-0.3, -0.25) is 14.9 Å². The van der Waals surface area contributed by atoms with E-state index in [1.54, 1.807) is 43.6 Å². The Labute approximate surface area is 236 Å². The molecule has 0 saturated heterocycles. The molecule has 8 nitrogen and oxygen atoms in total. The van der Waals surface area contributed by atoms with Crippen molar-refractivity contribution in [3.8, 4) is 16.9 Å². The molecule has 0 bridgehead atoms. The lowest BCUT2D eigenvalue weighted by molar-refractivity contribution is 0.0822. The van der Waals surface area contributed by atoms with Crippen LogP contribution in [-0.2, 0) is 13.6 Å². The van der Waals surface area contributed by atoms with Crippen LogP contribution in [-0.4, -0.2) is 38.4 Å². The molecule has 5 aromatic rings. The molecular formula is C27H21Cl2F3N6O2. The maximum atomic E-state index is 15.2. The number of aromatic nitrogens is 4. The first-order valence-electron chi connectivity index (χ1n) is 11.9. The Morgan fingerprint density at radius 2 is 1.90 bits per heavy atom. The van der Waals surface area contributed by atoms with Gasteiger partial charge in [0, 0.05) is 35.9 Å². The molecule has 0 unspecified atom stereocenters. The number of rotatable bonds is 9. The van der Waals surface area contributed by atoms with E-state index in [4.69, 9.17) is 27.9 Å². The second-order valence-electron chi connectivity index (χ2n) is 8.70. The first kappa shape index (κ1) is 27.4. The molecule has 2 heterocycles. The van der Waals surface area contributed by atoms with Gasteiger partial charge in [-0.25, -0.2) is 22.8 Å². The van der Waals surface area contributed by atoms with Gasteiger partial charge in [0.05, 0.1) is 16.1 Å². The predicted molar refractivity (Wildman–Crippen MR) is 147 cm³/mol. The van der Waals surface area contributed by atoms with Crippen LogP contribution in [0.3, 0.4) is 0 Å². The van der Waals surface area contributed by atoms with E-state index < -0.39 is 24.8 Å². The van der Waals surface area contributed by atoms with Crippen molar-refractivity contribution in [1.29, 1.82) is 0 Å². The summed E-state index contributed by atoms with van der Waals surface area (Å²) in [6, 6.07) is 15.9. The van der Waals surface area contributed by atoms with Crippen LogP contribution in [0.4, 0.5) is 19.1 Å². The van der Waals surface area contributed by atoms with Gasteiger partial charge < -0.3 is 10.1 Å². The number of fused-ring (bicyclic) bond motifs is 1. The molecule has 0 fully saturated rings. The maximum absolute atomic E-state index is 15.2. The number of halogens is 5. The monoisotopic (exact) mass is 588 g/mol. The lowest BCUT2D eigenvalue weighted by Crippen LogP contribution is -2.25. The number of anilines is 1. The molecule has 0 aliphatic rings. The predicted octanol–water partition coefficient (Wildman–Crippen LogP) is 6.52. The van der Waals surface area contributed by atoms with Crippen LogP contribution < -0.4 is 15.5 Å². The summed E-state index contributed by atoms with van der Waals surface area (Å²) in [5, 5.41) is 7.45. The smallest absolute Gasteiger partial charge is 0.290 e. The van der Waals surface area contributed by atoms with Crippen molar-refractivity contribution in [2.24, 2.45) is 7.05 Å². The van der Waals surface area contributed by atoms with Crippen LogP contribution in [0.5, 0.6) is 5.75 Å². The topological polar surface area (TPSA) is 86.0 Å². The minimum Gasteiger partial charge on any atom is -0.485 e. The van der Waals surface area contributed by atoms with E-state index in [0.717, 1.165) is 0 Å². The van der Waals surface area contributed by atoms with Gasteiger partial charge in [-0.1, -0.05) is 47.5 Å². The number of alkyl halides is 2. The third-order valence-electron chi connectivity index (χ3n) is 5.88. The Kier molecular flexibility index (Phi) is 7.85. The molecule has 5 rings (SSSR count). The van der Waals surface area contributed by atoms with E-state index in [1.165, 1.54) is 33.6 Å². The van der Waals surface area contributed by atoms with Crippen molar-refractivity contribution in [1.82, 2.24) is 19.4 Å². The first-order valence-corrected chi connectivity index (χ1v) is 12.7. The number of aryl methyl sites for hydroxylation is 1. The summed E-state index contributed by atoms with van der Waals surface area (Å²) in [6.45, 7) is -0.864. The van der Waals surface area contributed by atoms with E-state index in [-0.39, 0.29) is 45.1 Å². The molecule has 3 aromatic carbocycles. The summed E-state index contributed by atoms with van der Waals surface area (Å²) in [7, 11) is 1.70. The molecule has 0 aliphatic carbocycles. The third kappa shape index (κ3) is 5.85. The highest BCUT2D eigenvalue weighted by Gasteiger charge is 2.18. The number of nitrogens with one attached hydrogen (secondary N) is 2. The fourth-order valence-electron chi connectivity index (χ4n) is 4.05. The van der Waals surface area contributed by atoms with Crippen molar-refractivity contribution in [2.75, 3.05) is 17.3 Å². The van der Waals surface area contributed by atoms with Crippen LogP contribution in [0.15, 0.2) is 66.9 Å². The number of benzene rings is 3. The molecule has 1 amide bonds. The van der Waals surface area contributed by atoms with E-state index >= 15 is 4.39 Å². The average Bonchev–Trinajstić information content (AvgIpc) is 3.50. The Morgan fingerprint density at radius 1 is 1.10 bits per heavy atom. The number of hydrogen-bond donors (Lipinski definition) is 2. The Hall–Kier alpha value is -4.22. The molecule has 0 spiro atoms. The zero-order valence-corrected chi connectivity index (χ0v) is 22.3. The SMILES string of the molecule is Cn1ccc(C(=O)Nn2c(NCc3ccc(-c4cc(Cl)cc(Cl)c4OCC(F)F)cc3F)nc3ccccc32)n1.